The Morgan fingerprint density at radius 3 is 2.59 bits per heavy atom. The molecule has 3 heterocycles. The first-order chi connectivity index (χ1) is 16.4. The van der Waals surface area contributed by atoms with E-state index in [1.165, 1.54) is 0 Å². The van der Waals surface area contributed by atoms with E-state index in [2.05, 4.69) is 20.7 Å². The lowest BCUT2D eigenvalue weighted by molar-refractivity contribution is -0.143. The van der Waals surface area contributed by atoms with Crippen LogP contribution in [0.4, 0.5) is 0 Å². The van der Waals surface area contributed by atoms with Crippen molar-refractivity contribution in [2.45, 2.75) is 50.2 Å². The number of tetrazole rings is 1. The summed E-state index contributed by atoms with van der Waals surface area (Å²) in [4.78, 5) is 27.0. The second-order valence-corrected chi connectivity index (χ2v) is 10.3. The normalized spacial score (nSPS) is 31.8. The van der Waals surface area contributed by atoms with Gasteiger partial charge < -0.3 is 15.5 Å². The molecule has 0 bridgehead atoms. The van der Waals surface area contributed by atoms with Gasteiger partial charge in [-0.3, -0.25) is 14.5 Å². The predicted molar refractivity (Wildman–Crippen MR) is 123 cm³/mol. The Morgan fingerprint density at radius 1 is 1.06 bits per heavy atom. The zero-order valence-electron chi connectivity index (χ0n) is 18.8. The summed E-state index contributed by atoms with van der Waals surface area (Å²) in [5, 5.41) is 35.9. The van der Waals surface area contributed by atoms with Gasteiger partial charge in [-0.1, -0.05) is 11.6 Å². The molecular weight excluding hydrogens is 460 g/mol. The minimum atomic E-state index is -0.831. The number of nitrogens with zero attached hydrogens (tertiary/aromatic N) is 5. The topological polar surface area (TPSA) is 133 Å². The number of piperidine rings is 1. The summed E-state index contributed by atoms with van der Waals surface area (Å²) in [6.07, 6.45) is 4.12. The standard InChI is InChI=1S/C23H29ClN6O4/c24-17-5-3-14(4-6-17)21-26-28-30(27-21)18-9-20(23(33)34)29(12-18)11-13-1-2-15-10-25-19(22(31)32)8-16(15)7-13/h3-6,13,15-16,18-20,25H,1-2,7-12H2,(H,31,32)(H,33,34). The fraction of sp³-hybridized carbons (Fsp3) is 0.609. The van der Waals surface area contributed by atoms with Crippen LogP contribution in [0, 0.1) is 17.8 Å². The summed E-state index contributed by atoms with van der Waals surface area (Å²) in [6.45, 7) is 2.00. The molecule has 11 heteroatoms. The Labute approximate surface area is 202 Å². The summed E-state index contributed by atoms with van der Waals surface area (Å²) in [5.74, 6) is 0.122. The average molecular weight is 489 g/mol. The van der Waals surface area contributed by atoms with Crippen molar-refractivity contribution in [1.82, 2.24) is 30.4 Å². The molecule has 5 rings (SSSR count). The number of carboxylic acids is 2. The Balaban J connectivity index is 1.24. The van der Waals surface area contributed by atoms with E-state index in [9.17, 15) is 19.8 Å². The number of halogens is 1. The fourth-order valence-corrected chi connectivity index (χ4v) is 6.07. The largest absolute Gasteiger partial charge is 0.480 e. The molecule has 0 radical (unpaired) electrons. The highest BCUT2D eigenvalue weighted by Crippen LogP contribution is 2.40. The first-order valence-corrected chi connectivity index (χ1v) is 12.2. The van der Waals surface area contributed by atoms with E-state index in [0.717, 1.165) is 31.4 Å². The molecule has 34 heavy (non-hydrogen) atoms. The first kappa shape index (κ1) is 23.2. The van der Waals surface area contributed by atoms with Crippen molar-refractivity contribution < 1.29 is 19.8 Å². The molecule has 3 fully saturated rings. The molecule has 1 aliphatic carbocycles. The van der Waals surface area contributed by atoms with Crippen molar-refractivity contribution in [1.29, 1.82) is 0 Å². The van der Waals surface area contributed by atoms with Crippen LogP contribution >= 0.6 is 11.6 Å². The van der Waals surface area contributed by atoms with Crippen molar-refractivity contribution in [2.24, 2.45) is 17.8 Å². The number of benzene rings is 1. The molecule has 3 aliphatic rings. The predicted octanol–water partition coefficient (Wildman–Crippen LogP) is 2.17. The molecule has 0 spiro atoms. The van der Waals surface area contributed by atoms with Crippen molar-refractivity contribution in [2.75, 3.05) is 19.6 Å². The third-order valence-corrected chi connectivity index (χ3v) is 7.98. The zero-order valence-corrected chi connectivity index (χ0v) is 19.5. The van der Waals surface area contributed by atoms with E-state index in [-0.39, 0.29) is 6.04 Å². The number of carboxylic acid groups (broad SMARTS) is 2. The van der Waals surface area contributed by atoms with Crippen LogP contribution in [-0.2, 0) is 9.59 Å². The van der Waals surface area contributed by atoms with Crippen molar-refractivity contribution in [3.05, 3.63) is 29.3 Å². The lowest BCUT2D eigenvalue weighted by Gasteiger charge is -2.42. The van der Waals surface area contributed by atoms with Gasteiger partial charge in [0.05, 0.1) is 6.04 Å². The lowest BCUT2D eigenvalue weighted by Crippen LogP contribution is -2.50. The maximum absolute atomic E-state index is 12.0. The van der Waals surface area contributed by atoms with Gasteiger partial charge >= 0.3 is 11.9 Å². The van der Waals surface area contributed by atoms with Gasteiger partial charge in [0, 0.05) is 23.7 Å². The number of hydrogen-bond acceptors (Lipinski definition) is 7. The Morgan fingerprint density at radius 2 is 1.85 bits per heavy atom. The summed E-state index contributed by atoms with van der Waals surface area (Å²) < 4.78 is 0. The van der Waals surface area contributed by atoms with Crippen LogP contribution in [0.5, 0.6) is 0 Å². The highest BCUT2D eigenvalue weighted by atomic mass is 35.5. The minimum Gasteiger partial charge on any atom is -0.480 e. The van der Waals surface area contributed by atoms with Crippen molar-refractivity contribution >= 4 is 23.5 Å². The van der Waals surface area contributed by atoms with Gasteiger partial charge in [0.15, 0.2) is 0 Å². The van der Waals surface area contributed by atoms with E-state index < -0.39 is 24.0 Å². The van der Waals surface area contributed by atoms with Crippen LogP contribution < -0.4 is 5.32 Å². The fourth-order valence-electron chi connectivity index (χ4n) is 5.95. The SMILES string of the molecule is O=C(O)C1CC2CC(CN3CC(n4nnc(-c5ccc(Cl)cc5)n4)CC3C(=O)O)CCC2CN1. The van der Waals surface area contributed by atoms with E-state index >= 15 is 0 Å². The van der Waals surface area contributed by atoms with Gasteiger partial charge in [0.2, 0.25) is 5.82 Å². The second kappa shape index (κ2) is 9.59. The van der Waals surface area contributed by atoms with Crippen molar-refractivity contribution in [3.8, 4) is 11.4 Å². The minimum absolute atomic E-state index is 0.165. The third-order valence-electron chi connectivity index (χ3n) is 7.73. The lowest BCUT2D eigenvalue weighted by atomic mass is 9.69. The smallest absolute Gasteiger partial charge is 0.321 e. The van der Waals surface area contributed by atoms with Crippen LogP contribution in [-0.4, -0.2) is 79.0 Å². The van der Waals surface area contributed by atoms with Crippen molar-refractivity contribution in [3.63, 3.8) is 0 Å². The number of rotatable bonds is 6. The molecule has 2 aromatic rings. The highest BCUT2D eigenvalue weighted by molar-refractivity contribution is 6.30. The third kappa shape index (κ3) is 4.80. The molecular formula is C23H29ClN6O4. The number of hydrogen-bond donors (Lipinski definition) is 3. The molecule has 1 aromatic carbocycles. The van der Waals surface area contributed by atoms with Gasteiger partial charge in [-0.2, -0.15) is 4.80 Å². The summed E-state index contributed by atoms with van der Waals surface area (Å²) >= 11 is 5.96. The molecule has 0 amide bonds. The van der Waals surface area contributed by atoms with Crippen LogP contribution in [0.15, 0.2) is 24.3 Å². The quantitative estimate of drug-likeness (QED) is 0.559. The van der Waals surface area contributed by atoms with E-state index in [1.807, 2.05) is 17.0 Å². The van der Waals surface area contributed by atoms with Crippen LogP contribution in [0.3, 0.4) is 0 Å². The molecule has 6 unspecified atom stereocenters. The number of aliphatic carboxylic acids is 2. The monoisotopic (exact) mass is 488 g/mol. The summed E-state index contributed by atoms with van der Waals surface area (Å²) in [7, 11) is 0. The Bertz CT molecular complexity index is 1050. The number of carbonyl (C=O) groups is 2. The average Bonchev–Trinajstić information content (AvgIpc) is 3.47. The molecule has 1 aromatic heterocycles. The number of likely N-dealkylation sites (tertiary alicyclic amines) is 1. The van der Waals surface area contributed by atoms with Crippen LogP contribution in [0.2, 0.25) is 5.02 Å². The van der Waals surface area contributed by atoms with Crippen LogP contribution in [0.25, 0.3) is 11.4 Å². The van der Waals surface area contributed by atoms with E-state index in [0.29, 0.717) is 54.5 Å². The molecule has 2 aliphatic heterocycles. The first-order valence-electron chi connectivity index (χ1n) is 11.9. The molecule has 182 valence electrons. The Hall–Kier alpha value is -2.56. The number of nitrogens with one attached hydrogen (secondary N) is 1. The number of aromatic nitrogens is 4. The molecule has 3 N–H and O–H groups in total. The molecule has 1 saturated carbocycles. The second-order valence-electron chi connectivity index (χ2n) is 9.87. The number of fused-ring (bicyclic) bond motifs is 1. The zero-order chi connectivity index (χ0) is 23.8. The maximum Gasteiger partial charge on any atom is 0.321 e. The van der Waals surface area contributed by atoms with Gasteiger partial charge in [-0.25, -0.2) is 0 Å². The van der Waals surface area contributed by atoms with Gasteiger partial charge in [0.1, 0.15) is 12.1 Å². The molecule has 10 nitrogen and oxygen atoms in total. The molecule has 2 saturated heterocycles. The van der Waals surface area contributed by atoms with Gasteiger partial charge in [-0.05, 0) is 85.9 Å². The van der Waals surface area contributed by atoms with E-state index in [1.54, 1.807) is 16.9 Å². The Kier molecular flexibility index (Phi) is 6.54. The van der Waals surface area contributed by atoms with E-state index in [4.69, 9.17) is 11.6 Å². The molecule has 6 atom stereocenters. The maximum atomic E-state index is 12.0. The summed E-state index contributed by atoms with van der Waals surface area (Å²) in [5.41, 5.74) is 0.804. The van der Waals surface area contributed by atoms with Gasteiger partial charge in [0.25, 0.3) is 0 Å². The highest BCUT2D eigenvalue weighted by Gasteiger charge is 2.42. The van der Waals surface area contributed by atoms with Crippen LogP contribution in [0.1, 0.15) is 38.1 Å². The van der Waals surface area contributed by atoms with Gasteiger partial charge in [-0.15, -0.1) is 10.2 Å². The summed E-state index contributed by atoms with van der Waals surface area (Å²) in [6, 6.07) is 5.97.